The Labute approximate surface area is 199 Å². The first-order valence-corrected chi connectivity index (χ1v) is 11.6. The van der Waals surface area contributed by atoms with Crippen LogP contribution in [0.15, 0.2) is 71.9 Å². The summed E-state index contributed by atoms with van der Waals surface area (Å²) >= 11 is 1.56. The van der Waals surface area contributed by atoms with Gasteiger partial charge in [-0.15, -0.1) is 0 Å². The highest BCUT2D eigenvalue weighted by Crippen LogP contribution is 2.23. The molecule has 174 valence electrons. The van der Waals surface area contributed by atoms with Crippen LogP contribution < -0.4 is 5.32 Å². The molecule has 0 aliphatic heterocycles. The summed E-state index contributed by atoms with van der Waals surface area (Å²) in [5, 5.41) is 3.02. The average molecular weight is 481 g/mol. The van der Waals surface area contributed by atoms with Gasteiger partial charge in [-0.2, -0.15) is 0 Å². The molecule has 1 heterocycles. The van der Waals surface area contributed by atoms with Gasteiger partial charge in [0.25, 0.3) is 5.91 Å². The number of nitrogens with zero attached hydrogens (tertiary/aromatic N) is 2. The number of carbonyl (C=O) groups excluding carboxylic acids is 2. The molecule has 4 aromatic rings. The number of imidazole rings is 1. The summed E-state index contributed by atoms with van der Waals surface area (Å²) < 4.78 is 27.5. The van der Waals surface area contributed by atoms with Crippen molar-refractivity contribution in [2.75, 3.05) is 18.4 Å². The van der Waals surface area contributed by atoms with Gasteiger partial charge in [-0.3, -0.25) is 9.59 Å². The number of anilines is 1. The minimum Gasteiger partial charge on any atom is -0.333 e. The Balaban J connectivity index is 1.35. The molecule has 2 N–H and O–H groups in total. The zero-order valence-corrected chi connectivity index (χ0v) is 19.2. The zero-order valence-electron chi connectivity index (χ0n) is 18.3. The molecular formula is C25H22F2N4O2S. The van der Waals surface area contributed by atoms with Crippen molar-refractivity contribution in [2.24, 2.45) is 0 Å². The normalized spacial score (nSPS) is 10.9. The lowest BCUT2D eigenvalue weighted by molar-refractivity contribution is -0.116. The molecule has 0 spiro atoms. The third-order valence-electron chi connectivity index (χ3n) is 5.17. The van der Waals surface area contributed by atoms with E-state index in [0.717, 1.165) is 33.9 Å². The molecule has 9 heteroatoms. The molecule has 4 rings (SSSR count). The summed E-state index contributed by atoms with van der Waals surface area (Å²) in [6, 6.07) is 18.2. The lowest BCUT2D eigenvalue weighted by Crippen LogP contribution is -2.38. The fourth-order valence-corrected chi connectivity index (χ4v) is 4.21. The van der Waals surface area contributed by atoms with E-state index in [1.807, 2.05) is 36.4 Å². The zero-order chi connectivity index (χ0) is 24.1. The minimum atomic E-state index is -0.876. The molecule has 6 nitrogen and oxygen atoms in total. The van der Waals surface area contributed by atoms with Crippen LogP contribution in [0.5, 0.6) is 0 Å². The van der Waals surface area contributed by atoms with E-state index in [-0.39, 0.29) is 19.0 Å². The molecule has 0 aliphatic rings. The molecule has 0 bridgehead atoms. The van der Waals surface area contributed by atoms with Gasteiger partial charge in [-0.05, 0) is 48.9 Å². The van der Waals surface area contributed by atoms with Crippen molar-refractivity contribution >= 4 is 40.3 Å². The van der Waals surface area contributed by atoms with Crippen molar-refractivity contribution in [3.8, 4) is 0 Å². The number of carbonyl (C=O) groups is 2. The number of rotatable bonds is 8. The molecule has 0 fully saturated rings. The highest BCUT2D eigenvalue weighted by Gasteiger charge is 2.19. The van der Waals surface area contributed by atoms with Crippen LogP contribution in [0, 0.1) is 11.6 Å². The van der Waals surface area contributed by atoms with Gasteiger partial charge in [-0.1, -0.05) is 42.1 Å². The Kier molecular flexibility index (Phi) is 7.22. The number of H-pyrrole nitrogens is 1. The predicted octanol–water partition coefficient (Wildman–Crippen LogP) is 5.23. The number of thioether (sulfide) groups is 1. The third-order valence-corrected chi connectivity index (χ3v) is 6.12. The maximum absolute atomic E-state index is 13.8. The maximum atomic E-state index is 13.8. The van der Waals surface area contributed by atoms with E-state index in [9.17, 15) is 18.4 Å². The number of aromatic nitrogens is 2. The Hall–Kier alpha value is -3.72. The summed E-state index contributed by atoms with van der Waals surface area (Å²) in [6.45, 7) is 1.66. The third kappa shape index (κ3) is 5.43. The minimum absolute atomic E-state index is 0.260. The van der Waals surface area contributed by atoms with Crippen LogP contribution in [0.1, 0.15) is 22.8 Å². The van der Waals surface area contributed by atoms with Crippen molar-refractivity contribution in [1.29, 1.82) is 0 Å². The van der Waals surface area contributed by atoms with E-state index < -0.39 is 23.2 Å². The molecular weight excluding hydrogens is 458 g/mol. The van der Waals surface area contributed by atoms with Crippen LogP contribution in [0.3, 0.4) is 0 Å². The highest BCUT2D eigenvalue weighted by atomic mass is 32.2. The van der Waals surface area contributed by atoms with Gasteiger partial charge in [0.05, 0.1) is 11.0 Å². The number of benzene rings is 3. The fraction of sp³-hybridized carbons (Fsp3) is 0.160. The van der Waals surface area contributed by atoms with Crippen molar-refractivity contribution in [3.63, 3.8) is 0 Å². The first-order valence-electron chi connectivity index (χ1n) is 10.6. The Morgan fingerprint density at radius 3 is 2.38 bits per heavy atom. The lowest BCUT2D eigenvalue weighted by Gasteiger charge is -2.20. The second-order valence-corrected chi connectivity index (χ2v) is 8.47. The van der Waals surface area contributed by atoms with Gasteiger partial charge in [-0.25, -0.2) is 13.8 Å². The first kappa shape index (κ1) is 23.4. The lowest BCUT2D eigenvalue weighted by atomic mass is 10.1. The molecule has 0 aliphatic carbocycles. The molecule has 0 unspecified atom stereocenters. The smallest absolute Gasteiger partial charge is 0.254 e. The summed E-state index contributed by atoms with van der Waals surface area (Å²) in [4.78, 5) is 34.3. The summed E-state index contributed by atoms with van der Waals surface area (Å²) in [5.41, 5.74) is 2.80. The van der Waals surface area contributed by atoms with Crippen LogP contribution in [0.25, 0.3) is 11.0 Å². The Bertz CT molecular complexity index is 1270. The van der Waals surface area contributed by atoms with E-state index >= 15 is 0 Å². The molecule has 0 saturated carbocycles. The van der Waals surface area contributed by atoms with Crippen molar-refractivity contribution < 1.29 is 18.4 Å². The van der Waals surface area contributed by atoms with E-state index in [4.69, 9.17) is 0 Å². The fourth-order valence-electron chi connectivity index (χ4n) is 3.37. The number of likely N-dealkylation sites (N-methyl/N-ethyl adjacent to an activating group) is 1. The number of aromatic amines is 1. The molecule has 1 aromatic heterocycles. The van der Waals surface area contributed by atoms with E-state index in [0.29, 0.717) is 11.3 Å². The number of nitrogens with one attached hydrogen (secondary N) is 2. The number of hydrogen-bond donors (Lipinski definition) is 2. The predicted molar refractivity (Wildman–Crippen MR) is 129 cm³/mol. The molecule has 2 amide bonds. The van der Waals surface area contributed by atoms with Crippen LogP contribution in [-0.2, 0) is 10.5 Å². The Morgan fingerprint density at radius 2 is 1.71 bits per heavy atom. The van der Waals surface area contributed by atoms with E-state index in [1.165, 1.54) is 11.0 Å². The molecule has 0 atom stereocenters. The number of fused-ring (bicyclic) bond motifs is 1. The second kappa shape index (κ2) is 10.5. The monoisotopic (exact) mass is 480 g/mol. The highest BCUT2D eigenvalue weighted by molar-refractivity contribution is 7.98. The van der Waals surface area contributed by atoms with Crippen LogP contribution in [0.4, 0.5) is 14.5 Å². The quantitative estimate of drug-likeness (QED) is 0.339. The van der Waals surface area contributed by atoms with Gasteiger partial charge < -0.3 is 15.2 Å². The molecule has 0 saturated heterocycles. The molecule has 3 aromatic carbocycles. The topological polar surface area (TPSA) is 78.1 Å². The SMILES string of the molecule is CCN(CC(=O)Nc1c(F)cccc1F)C(=O)c1ccc(CSc2nc3ccccc3[nH]2)cc1. The number of hydrogen-bond acceptors (Lipinski definition) is 4. The summed E-state index contributed by atoms with van der Waals surface area (Å²) in [5.74, 6) is -2.11. The van der Waals surface area contributed by atoms with Crippen molar-refractivity contribution in [3.05, 3.63) is 89.5 Å². The van der Waals surface area contributed by atoms with Crippen LogP contribution in [-0.4, -0.2) is 39.8 Å². The summed E-state index contributed by atoms with van der Waals surface area (Å²) in [7, 11) is 0. The van der Waals surface area contributed by atoms with Gasteiger partial charge in [0, 0.05) is 17.9 Å². The number of amides is 2. The second-order valence-electron chi connectivity index (χ2n) is 7.51. The number of halogens is 2. The largest absolute Gasteiger partial charge is 0.333 e. The van der Waals surface area contributed by atoms with E-state index in [2.05, 4.69) is 15.3 Å². The first-order chi connectivity index (χ1) is 16.4. The number of para-hydroxylation sites is 3. The standard InChI is InChI=1S/C25H22F2N4O2S/c1-2-31(14-22(32)30-23-18(26)6-5-7-19(23)27)24(33)17-12-10-16(11-13-17)15-34-25-28-20-8-3-4-9-21(20)29-25/h3-13H,2,14-15H2,1H3,(H,28,29)(H,30,32). The van der Waals surface area contributed by atoms with Gasteiger partial charge >= 0.3 is 0 Å². The molecule has 34 heavy (non-hydrogen) atoms. The van der Waals surface area contributed by atoms with Gasteiger partial charge in [0.2, 0.25) is 5.91 Å². The maximum Gasteiger partial charge on any atom is 0.254 e. The van der Waals surface area contributed by atoms with Crippen LogP contribution in [0.2, 0.25) is 0 Å². The average Bonchev–Trinajstić information content (AvgIpc) is 3.26. The van der Waals surface area contributed by atoms with Gasteiger partial charge in [0.1, 0.15) is 23.9 Å². The van der Waals surface area contributed by atoms with Crippen molar-refractivity contribution in [2.45, 2.75) is 17.8 Å². The Morgan fingerprint density at radius 1 is 1.00 bits per heavy atom. The molecule has 0 radical (unpaired) electrons. The van der Waals surface area contributed by atoms with Gasteiger partial charge in [0.15, 0.2) is 5.16 Å². The van der Waals surface area contributed by atoms with Crippen LogP contribution >= 0.6 is 11.8 Å². The summed E-state index contributed by atoms with van der Waals surface area (Å²) in [6.07, 6.45) is 0. The van der Waals surface area contributed by atoms with E-state index in [1.54, 1.807) is 30.8 Å². The van der Waals surface area contributed by atoms with Crippen molar-refractivity contribution in [1.82, 2.24) is 14.9 Å².